The quantitative estimate of drug-likeness (QED) is 0.674. The van der Waals surface area contributed by atoms with Crippen molar-refractivity contribution in [3.05, 3.63) is 83.2 Å². The summed E-state index contributed by atoms with van der Waals surface area (Å²) < 4.78 is 1.69. The van der Waals surface area contributed by atoms with Gasteiger partial charge in [0.15, 0.2) is 0 Å². The average molecular weight is 431 g/mol. The van der Waals surface area contributed by atoms with Crippen LogP contribution in [0.2, 0.25) is 0 Å². The zero-order chi connectivity index (χ0) is 23.1. The Morgan fingerprint density at radius 1 is 1.09 bits per heavy atom. The van der Waals surface area contributed by atoms with Gasteiger partial charge in [-0.15, -0.1) is 0 Å². The molecule has 1 atom stereocenters. The molecule has 0 saturated carbocycles. The maximum atomic E-state index is 13.7. The molecule has 32 heavy (non-hydrogen) atoms. The molecule has 1 N–H and O–H groups in total. The fraction of sp³-hybridized carbons (Fsp3) is 0.346. The van der Waals surface area contributed by atoms with E-state index in [-0.39, 0.29) is 23.8 Å². The van der Waals surface area contributed by atoms with Crippen LogP contribution in [0.25, 0.3) is 0 Å². The summed E-state index contributed by atoms with van der Waals surface area (Å²) in [5, 5.41) is 7.73. The molecule has 1 aliphatic rings. The number of carbonyl (C=O) groups excluding carboxylic acids is 2. The number of hydrogen-bond acceptors (Lipinski definition) is 3. The van der Waals surface area contributed by atoms with Crippen LogP contribution in [0.3, 0.4) is 0 Å². The first-order valence-electron chi connectivity index (χ1n) is 10.9. The molecule has 166 valence electrons. The van der Waals surface area contributed by atoms with E-state index in [2.05, 4.69) is 26.1 Å². The van der Waals surface area contributed by atoms with E-state index in [1.165, 1.54) is 0 Å². The van der Waals surface area contributed by atoms with E-state index in [9.17, 15) is 9.59 Å². The molecule has 2 amide bonds. The fourth-order valence-corrected chi connectivity index (χ4v) is 4.01. The van der Waals surface area contributed by atoms with Crippen molar-refractivity contribution in [2.45, 2.75) is 58.7 Å². The second-order valence-electron chi connectivity index (χ2n) is 9.74. The number of nitrogens with one attached hydrogen (secondary N) is 1. The number of fused-ring (bicyclic) bond motifs is 1. The maximum Gasteiger partial charge on any atom is 0.277 e. The Labute approximate surface area is 189 Å². The summed E-state index contributed by atoms with van der Waals surface area (Å²) in [5.74, 6) is -0.436. The third-order valence-corrected chi connectivity index (χ3v) is 6.00. The summed E-state index contributed by atoms with van der Waals surface area (Å²) in [7, 11) is 0. The van der Waals surface area contributed by atoms with Crippen molar-refractivity contribution in [3.8, 4) is 0 Å². The lowest BCUT2D eigenvalue weighted by atomic mass is 9.91. The number of aromatic nitrogens is 2. The number of benzene rings is 2. The van der Waals surface area contributed by atoms with Gasteiger partial charge in [-0.3, -0.25) is 19.2 Å². The Morgan fingerprint density at radius 3 is 2.38 bits per heavy atom. The van der Waals surface area contributed by atoms with Crippen molar-refractivity contribution >= 4 is 17.5 Å². The minimum absolute atomic E-state index is 0.203. The molecule has 6 nitrogen and oxygen atoms in total. The van der Waals surface area contributed by atoms with Crippen LogP contribution in [0.5, 0.6) is 0 Å². The lowest BCUT2D eigenvalue weighted by Crippen LogP contribution is -2.64. The van der Waals surface area contributed by atoms with Gasteiger partial charge in [-0.05, 0) is 37.6 Å². The van der Waals surface area contributed by atoms with Gasteiger partial charge in [-0.2, -0.15) is 5.10 Å². The van der Waals surface area contributed by atoms with Crippen LogP contribution < -0.4 is 10.2 Å². The molecule has 2 heterocycles. The van der Waals surface area contributed by atoms with Crippen molar-refractivity contribution in [3.63, 3.8) is 0 Å². The van der Waals surface area contributed by atoms with Crippen LogP contribution in [-0.2, 0) is 23.3 Å². The van der Waals surface area contributed by atoms with Crippen LogP contribution in [-0.4, -0.2) is 27.1 Å². The van der Waals surface area contributed by atoms with E-state index in [1.54, 1.807) is 9.58 Å². The molecule has 1 aromatic heterocycles. The van der Waals surface area contributed by atoms with Gasteiger partial charge in [-0.25, -0.2) is 0 Å². The van der Waals surface area contributed by atoms with Gasteiger partial charge in [0.05, 0.1) is 12.2 Å². The van der Waals surface area contributed by atoms with Gasteiger partial charge in [-0.1, -0.05) is 68.8 Å². The summed E-state index contributed by atoms with van der Waals surface area (Å²) in [6, 6.07) is 19.3. The molecule has 0 saturated heterocycles. The highest BCUT2D eigenvalue weighted by Crippen LogP contribution is 2.34. The third-order valence-electron chi connectivity index (χ3n) is 6.00. The highest BCUT2D eigenvalue weighted by Gasteiger charge is 2.49. The van der Waals surface area contributed by atoms with E-state index in [4.69, 9.17) is 5.10 Å². The number of rotatable bonds is 4. The molecule has 1 aliphatic heterocycles. The second kappa shape index (κ2) is 7.93. The number of carbonyl (C=O) groups is 2. The SMILES string of the molecule is Cc1ccc(N2C(=O)c3cc(C(C)(C)C)nn3C[C@]2(C)C(=O)NCc2ccccc2)cc1. The lowest BCUT2D eigenvalue weighted by molar-refractivity contribution is -0.126. The Kier molecular flexibility index (Phi) is 5.41. The lowest BCUT2D eigenvalue weighted by Gasteiger charge is -2.43. The molecule has 0 radical (unpaired) electrons. The van der Waals surface area contributed by atoms with Crippen LogP contribution in [0.15, 0.2) is 60.7 Å². The molecule has 0 spiro atoms. The smallest absolute Gasteiger partial charge is 0.277 e. The molecule has 0 aliphatic carbocycles. The highest BCUT2D eigenvalue weighted by molar-refractivity contribution is 6.11. The van der Waals surface area contributed by atoms with E-state index in [0.29, 0.717) is 17.9 Å². The molecular formula is C26H30N4O2. The summed E-state index contributed by atoms with van der Waals surface area (Å²) in [5.41, 5.74) is 2.79. The van der Waals surface area contributed by atoms with E-state index >= 15 is 0 Å². The normalized spacial score (nSPS) is 18.4. The van der Waals surface area contributed by atoms with Crippen LogP contribution >= 0.6 is 0 Å². The maximum absolute atomic E-state index is 13.7. The third kappa shape index (κ3) is 3.93. The summed E-state index contributed by atoms with van der Waals surface area (Å²) in [4.78, 5) is 28.9. The molecule has 0 bridgehead atoms. The highest BCUT2D eigenvalue weighted by atomic mass is 16.2. The minimum Gasteiger partial charge on any atom is -0.350 e. The minimum atomic E-state index is -1.13. The molecule has 4 rings (SSSR count). The number of aryl methyl sites for hydroxylation is 1. The molecular weight excluding hydrogens is 400 g/mol. The second-order valence-corrected chi connectivity index (χ2v) is 9.74. The molecule has 0 unspecified atom stereocenters. The van der Waals surface area contributed by atoms with E-state index in [1.807, 2.05) is 74.5 Å². The number of nitrogens with zero attached hydrogens (tertiary/aromatic N) is 3. The zero-order valence-corrected chi connectivity index (χ0v) is 19.3. The van der Waals surface area contributed by atoms with Crippen LogP contribution in [0, 0.1) is 6.92 Å². The van der Waals surface area contributed by atoms with Crippen molar-refractivity contribution < 1.29 is 9.59 Å². The van der Waals surface area contributed by atoms with Crippen molar-refractivity contribution in [2.24, 2.45) is 0 Å². The topological polar surface area (TPSA) is 67.2 Å². The largest absolute Gasteiger partial charge is 0.350 e. The standard InChI is InChI=1S/C26H30N4O2/c1-18-11-13-20(14-12-18)30-23(31)21-15-22(25(2,3)4)28-29(21)17-26(30,5)24(32)27-16-19-9-7-6-8-10-19/h6-15H,16-17H2,1-5H3,(H,27,32)/t26-/m1/s1. The Hall–Kier alpha value is -3.41. The summed E-state index contributed by atoms with van der Waals surface area (Å²) >= 11 is 0. The molecule has 6 heteroatoms. The predicted octanol–water partition coefficient (Wildman–Crippen LogP) is 4.22. The zero-order valence-electron chi connectivity index (χ0n) is 19.3. The fourth-order valence-electron chi connectivity index (χ4n) is 4.01. The number of hydrogen-bond donors (Lipinski definition) is 1. The predicted molar refractivity (Wildman–Crippen MR) is 126 cm³/mol. The first-order chi connectivity index (χ1) is 15.1. The first kappa shape index (κ1) is 21.8. The molecule has 0 fully saturated rings. The van der Waals surface area contributed by atoms with E-state index in [0.717, 1.165) is 16.8 Å². The average Bonchev–Trinajstić information content (AvgIpc) is 3.19. The van der Waals surface area contributed by atoms with Crippen LogP contribution in [0.1, 0.15) is 55.0 Å². The summed E-state index contributed by atoms with van der Waals surface area (Å²) in [6.07, 6.45) is 0. The van der Waals surface area contributed by atoms with Gasteiger partial charge in [0, 0.05) is 17.6 Å². The Morgan fingerprint density at radius 2 is 1.75 bits per heavy atom. The van der Waals surface area contributed by atoms with Gasteiger partial charge in [0.2, 0.25) is 5.91 Å². The van der Waals surface area contributed by atoms with Gasteiger partial charge >= 0.3 is 0 Å². The number of anilines is 1. The van der Waals surface area contributed by atoms with Gasteiger partial charge in [0.25, 0.3) is 5.91 Å². The van der Waals surface area contributed by atoms with Crippen molar-refractivity contribution in [1.82, 2.24) is 15.1 Å². The number of amides is 2. The molecule has 3 aromatic rings. The Bertz CT molecular complexity index is 1140. The first-order valence-corrected chi connectivity index (χ1v) is 10.9. The summed E-state index contributed by atoms with van der Waals surface area (Å²) in [6.45, 7) is 10.7. The van der Waals surface area contributed by atoms with Crippen molar-refractivity contribution in [2.75, 3.05) is 4.90 Å². The van der Waals surface area contributed by atoms with Crippen molar-refractivity contribution in [1.29, 1.82) is 0 Å². The van der Waals surface area contributed by atoms with Gasteiger partial charge < -0.3 is 5.32 Å². The van der Waals surface area contributed by atoms with Crippen LogP contribution in [0.4, 0.5) is 5.69 Å². The monoisotopic (exact) mass is 430 g/mol. The Balaban J connectivity index is 1.74. The van der Waals surface area contributed by atoms with E-state index < -0.39 is 5.54 Å². The van der Waals surface area contributed by atoms with Gasteiger partial charge in [0.1, 0.15) is 11.2 Å². The molecule has 2 aromatic carbocycles.